The first kappa shape index (κ1) is 17.3. The van der Waals surface area contributed by atoms with E-state index in [1.165, 1.54) is 12.8 Å². The quantitative estimate of drug-likeness (QED) is 0.485. The average Bonchev–Trinajstić information content (AvgIpc) is 3.05. The number of nitrogens with zero attached hydrogens (tertiary/aromatic N) is 2. The van der Waals surface area contributed by atoms with Gasteiger partial charge in [0.2, 0.25) is 0 Å². The molecule has 1 atom stereocenters. The maximum Gasteiger partial charge on any atom is 0.194 e. The van der Waals surface area contributed by atoms with Crippen LogP contribution in [0.15, 0.2) is 28.0 Å². The van der Waals surface area contributed by atoms with Crippen molar-refractivity contribution in [3.63, 3.8) is 0 Å². The standard InChI is InChI=1S/C15H25N3O.HI/c1-4-15(3)7-8-18(12-15)14(16-5-2)17-10-13-6-9-19-11-13;/h6,9,11H,4-5,7-8,10,12H2,1-3H3,(H,16,17);1H. The molecule has 0 amide bonds. The molecule has 4 nitrogen and oxygen atoms in total. The number of hydrogen-bond donors (Lipinski definition) is 1. The van der Waals surface area contributed by atoms with Crippen molar-refractivity contribution < 1.29 is 4.42 Å². The third-order valence-electron chi connectivity index (χ3n) is 4.04. The first-order valence-electron chi connectivity index (χ1n) is 7.21. The van der Waals surface area contributed by atoms with Crippen molar-refractivity contribution in [1.82, 2.24) is 10.2 Å². The van der Waals surface area contributed by atoms with Crippen molar-refractivity contribution in [3.05, 3.63) is 24.2 Å². The number of rotatable bonds is 4. The number of hydrogen-bond acceptors (Lipinski definition) is 2. The second-order valence-corrected chi connectivity index (χ2v) is 5.64. The van der Waals surface area contributed by atoms with Gasteiger partial charge in [-0.15, -0.1) is 24.0 Å². The molecule has 1 aromatic heterocycles. The van der Waals surface area contributed by atoms with Crippen LogP contribution in [0, 0.1) is 5.41 Å². The van der Waals surface area contributed by atoms with Gasteiger partial charge in [-0.05, 0) is 31.2 Å². The first-order chi connectivity index (χ1) is 9.17. The molecule has 1 aromatic rings. The van der Waals surface area contributed by atoms with Gasteiger partial charge in [0.25, 0.3) is 0 Å². The van der Waals surface area contributed by atoms with E-state index in [4.69, 9.17) is 9.41 Å². The predicted octanol–water partition coefficient (Wildman–Crippen LogP) is 3.49. The topological polar surface area (TPSA) is 40.8 Å². The van der Waals surface area contributed by atoms with E-state index in [1.807, 2.05) is 6.07 Å². The molecule has 0 radical (unpaired) electrons. The van der Waals surface area contributed by atoms with Gasteiger partial charge in [-0.1, -0.05) is 13.8 Å². The largest absolute Gasteiger partial charge is 0.472 e. The van der Waals surface area contributed by atoms with E-state index in [-0.39, 0.29) is 24.0 Å². The van der Waals surface area contributed by atoms with Crippen molar-refractivity contribution in [2.75, 3.05) is 19.6 Å². The van der Waals surface area contributed by atoms with Gasteiger partial charge in [-0.3, -0.25) is 0 Å². The summed E-state index contributed by atoms with van der Waals surface area (Å²) in [5, 5.41) is 3.39. The van der Waals surface area contributed by atoms with Crippen molar-refractivity contribution in [2.45, 2.75) is 40.2 Å². The van der Waals surface area contributed by atoms with Gasteiger partial charge >= 0.3 is 0 Å². The molecular formula is C15H26IN3O. The van der Waals surface area contributed by atoms with Crippen LogP contribution in [0.25, 0.3) is 0 Å². The van der Waals surface area contributed by atoms with E-state index in [1.54, 1.807) is 12.5 Å². The second kappa shape index (κ2) is 7.90. The molecule has 0 saturated carbocycles. The average molecular weight is 391 g/mol. The number of furan rings is 1. The number of guanidine groups is 1. The Balaban J connectivity index is 0.00000200. The summed E-state index contributed by atoms with van der Waals surface area (Å²) >= 11 is 0. The Morgan fingerprint density at radius 2 is 2.30 bits per heavy atom. The Morgan fingerprint density at radius 1 is 1.50 bits per heavy atom. The van der Waals surface area contributed by atoms with Gasteiger partial charge < -0.3 is 14.6 Å². The fraction of sp³-hybridized carbons (Fsp3) is 0.667. The molecule has 0 bridgehead atoms. The van der Waals surface area contributed by atoms with Gasteiger partial charge in [0.15, 0.2) is 5.96 Å². The van der Waals surface area contributed by atoms with Gasteiger partial charge in [-0.25, -0.2) is 4.99 Å². The van der Waals surface area contributed by atoms with Crippen molar-refractivity contribution >= 4 is 29.9 Å². The highest BCUT2D eigenvalue weighted by Gasteiger charge is 2.33. The lowest BCUT2D eigenvalue weighted by atomic mass is 9.87. The third kappa shape index (κ3) is 4.40. The number of nitrogens with one attached hydrogen (secondary N) is 1. The highest BCUT2D eigenvalue weighted by molar-refractivity contribution is 14.0. The lowest BCUT2D eigenvalue weighted by molar-refractivity contribution is 0.322. The van der Waals surface area contributed by atoms with Crippen molar-refractivity contribution in [3.8, 4) is 0 Å². The fourth-order valence-electron chi connectivity index (χ4n) is 2.47. The number of aliphatic imine (C=N–C) groups is 1. The lowest BCUT2D eigenvalue weighted by Crippen LogP contribution is -2.41. The second-order valence-electron chi connectivity index (χ2n) is 5.64. The van der Waals surface area contributed by atoms with Crippen LogP contribution >= 0.6 is 24.0 Å². The third-order valence-corrected chi connectivity index (χ3v) is 4.04. The monoisotopic (exact) mass is 391 g/mol. The van der Waals surface area contributed by atoms with Gasteiger partial charge in [0.05, 0.1) is 19.1 Å². The van der Waals surface area contributed by atoms with Crippen LogP contribution in [-0.2, 0) is 6.54 Å². The highest BCUT2D eigenvalue weighted by atomic mass is 127. The Morgan fingerprint density at radius 3 is 2.85 bits per heavy atom. The van der Waals surface area contributed by atoms with Crippen LogP contribution in [0.5, 0.6) is 0 Å². The summed E-state index contributed by atoms with van der Waals surface area (Å²) in [7, 11) is 0. The summed E-state index contributed by atoms with van der Waals surface area (Å²) in [6.07, 6.45) is 5.93. The summed E-state index contributed by atoms with van der Waals surface area (Å²) in [5.74, 6) is 1.03. The molecule has 0 spiro atoms. The molecule has 1 saturated heterocycles. The SMILES string of the molecule is CCNC(=NCc1ccoc1)N1CCC(C)(CC)C1.I. The van der Waals surface area contributed by atoms with E-state index >= 15 is 0 Å². The maximum absolute atomic E-state index is 5.08. The van der Waals surface area contributed by atoms with E-state index < -0.39 is 0 Å². The van der Waals surface area contributed by atoms with E-state index in [0.29, 0.717) is 12.0 Å². The van der Waals surface area contributed by atoms with Gasteiger partial charge in [-0.2, -0.15) is 0 Å². The van der Waals surface area contributed by atoms with E-state index in [9.17, 15) is 0 Å². The van der Waals surface area contributed by atoms with Crippen LogP contribution in [-0.4, -0.2) is 30.5 Å². The molecule has 1 N–H and O–H groups in total. The molecule has 0 aliphatic carbocycles. The lowest BCUT2D eigenvalue weighted by Gasteiger charge is -2.25. The molecule has 5 heteroatoms. The molecule has 1 fully saturated rings. The molecule has 1 unspecified atom stereocenters. The zero-order valence-corrected chi connectivity index (χ0v) is 15.0. The predicted molar refractivity (Wildman–Crippen MR) is 93.5 cm³/mol. The normalized spacial score (nSPS) is 22.8. The molecule has 114 valence electrons. The van der Waals surface area contributed by atoms with Crippen molar-refractivity contribution in [1.29, 1.82) is 0 Å². The Labute approximate surface area is 139 Å². The van der Waals surface area contributed by atoms with Crippen LogP contribution < -0.4 is 5.32 Å². The van der Waals surface area contributed by atoms with Crippen LogP contribution in [0.1, 0.15) is 39.2 Å². The van der Waals surface area contributed by atoms with Crippen LogP contribution in [0.3, 0.4) is 0 Å². The summed E-state index contributed by atoms with van der Waals surface area (Å²) in [6.45, 7) is 10.5. The maximum atomic E-state index is 5.08. The minimum atomic E-state index is 0. The van der Waals surface area contributed by atoms with Crippen LogP contribution in [0.2, 0.25) is 0 Å². The van der Waals surface area contributed by atoms with Gasteiger partial charge in [0.1, 0.15) is 0 Å². The molecule has 20 heavy (non-hydrogen) atoms. The Kier molecular flexibility index (Phi) is 6.85. The minimum Gasteiger partial charge on any atom is -0.472 e. The van der Waals surface area contributed by atoms with E-state index in [2.05, 4.69) is 31.0 Å². The Hall–Kier alpha value is -0.720. The summed E-state index contributed by atoms with van der Waals surface area (Å²) < 4.78 is 5.08. The first-order valence-corrected chi connectivity index (χ1v) is 7.21. The molecule has 1 aliphatic heterocycles. The molecule has 0 aromatic carbocycles. The smallest absolute Gasteiger partial charge is 0.194 e. The molecule has 2 heterocycles. The summed E-state index contributed by atoms with van der Waals surface area (Å²) in [5.41, 5.74) is 1.55. The van der Waals surface area contributed by atoms with Crippen molar-refractivity contribution in [2.24, 2.45) is 10.4 Å². The minimum absolute atomic E-state index is 0. The molecule has 2 rings (SSSR count). The number of likely N-dealkylation sites (tertiary alicyclic amines) is 1. The zero-order valence-electron chi connectivity index (χ0n) is 12.7. The van der Waals surface area contributed by atoms with Gasteiger partial charge in [0, 0.05) is 25.2 Å². The Bertz CT molecular complexity index is 419. The molecular weight excluding hydrogens is 365 g/mol. The molecule has 1 aliphatic rings. The van der Waals surface area contributed by atoms with E-state index in [0.717, 1.165) is 31.2 Å². The summed E-state index contributed by atoms with van der Waals surface area (Å²) in [6, 6.07) is 1.97. The summed E-state index contributed by atoms with van der Waals surface area (Å²) in [4.78, 5) is 7.09. The highest BCUT2D eigenvalue weighted by Crippen LogP contribution is 2.32. The zero-order chi connectivity index (χ0) is 13.7. The fourth-order valence-corrected chi connectivity index (χ4v) is 2.47. The van der Waals surface area contributed by atoms with Crippen LogP contribution in [0.4, 0.5) is 0 Å². The number of halogens is 1.